The highest BCUT2D eigenvalue weighted by molar-refractivity contribution is 6.79. The van der Waals surface area contributed by atoms with Gasteiger partial charge >= 0.3 is 0 Å². The second kappa shape index (κ2) is 4.01. The lowest BCUT2D eigenvalue weighted by molar-refractivity contribution is 0.592. The van der Waals surface area contributed by atoms with E-state index < -0.39 is 8.24 Å². The molecule has 0 aliphatic heterocycles. The zero-order valence-corrected chi connectivity index (χ0v) is 11.8. The minimum absolute atomic E-state index is 0.212. The number of benzene rings is 1. The van der Waals surface area contributed by atoms with Gasteiger partial charge in [-0.2, -0.15) is 0 Å². The van der Waals surface area contributed by atoms with Gasteiger partial charge in [0.25, 0.3) is 0 Å². The Kier molecular flexibility index (Phi) is 3.29. The van der Waals surface area contributed by atoms with Gasteiger partial charge in [-0.3, -0.25) is 0 Å². The summed E-state index contributed by atoms with van der Waals surface area (Å²) in [6, 6.07) is 8.65. The van der Waals surface area contributed by atoms with Gasteiger partial charge in [0, 0.05) is 5.69 Å². The first kappa shape index (κ1) is 12.3. The van der Waals surface area contributed by atoms with Crippen LogP contribution in [0.15, 0.2) is 24.3 Å². The molecule has 0 amide bonds. The summed E-state index contributed by atoms with van der Waals surface area (Å²) in [7, 11) is -1.26. The highest BCUT2D eigenvalue weighted by Crippen LogP contribution is 2.30. The number of hydrogen-bond donors (Lipinski definition) is 1. The van der Waals surface area contributed by atoms with Crippen molar-refractivity contribution in [1.82, 2.24) is 0 Å². The van der Waals surface area contributed by atoms with E-state index >= 15 is 0 Å². The van der Waals surface area contributed by atoms with Crippen LogP contribution in [0.25, 0.3) is 0 Å². The topological polar surface area (TPSA) is 12.0 Å². The highest BCUT2D eigenvalue weighted by atomic mass is 28.3. The Morgan fingerprint density at radius 2 is 1.53 bits per heavy atom. The molecular weight excluding hydrogens is 198 g/mol. The molecule has 1 aromatic rings. The van der Waals surface area contributed by atoms with Crippen LogP contribution in [0.5, 0.6) is 0 Å². The van der Waals surface area contributed by atoms with Gasteiger partial charge < -0.3 is 4.98 Å². The molecule has 2 heteroatoms. The van der Waals surface area contributed by atoms with Crippen molar-refractivity contribution in [3.05, 3.63) is 29.8 Å². The fourth-order valence-electron chi connectivity index (χ4n) is 1.65. The maximum atomic E-state index is 3.70. The van der Waals surface area contributed by atoms with Gasteiger partial charge in [0.15, 0.2) is 0 Å². The maximum Gasteiger partial charge on any atom is 0.144 e. The van der Waals surface area contributed by atoms with E-state index in [0.29, 0.717) is 0 Å². The molecule has 0 spiro atoms. The van der Waals surface area contributed by atoms with Gasteiger partial charge in [0.05, 0.1) is 0 Å². The Labute approximate surface area is 95.0 Å². The van der Waals surface area contributed by atoms with Crippen molar-refractivity contribution < 1.29 is 0 Å². The lowest BCUT2D eigenvalue weighted by atomic mass is 9.86. The van der Waals surface area contributed by atoms with Gasteiger partial charge in [0.2, 0.25) is 0 Å². The van der Waals surface area contributed by atoms with Crippen LogP contribution in [-0.4, -0.2) is 8.24 Å². The second-order valence-electron chi connectivity index (χ2n) is 6.17. The number of para-hydroxylation sites is 1. The standard InChI is InChI=1S/C13H23NSi/c1-13(2,3)11-9-7-8-10-12(11)14-15(4,5)6/h7-10,14H,1-6H3. The molecule has 0 atom stereocenters. The van der Waals surface area contributed by atoms with Gasteiger partial charge in [-0.05, 0) is 17.0 Å². The first-order valence-corrected chi connectivity index (χ1v) is 9.08. The largest absolute Gasteiger partial charge is 0.411 e. The van der Waals surface area contributed by atoms with E-state index in [-0.39, 0.29) is 5.41 Å². The van der Waals surface area contributed by atoms with Crippen LogP contribution >= 0.6 is 0 Å². The maximum absolute atomic E-state index is 3.70. The molecule has 0 aromatic heterocycles. The molecule has 1 nitrogen and oxygen atoms in total. The summed E-state index contributed by atoms with van der Waals surface area (Å²) in [5.41, 5.74) is 2.93. The molecule has 15 heavy (non-hydrogen) atoms. The Morgan fingerprint density at radius 1 is 1.00 bits per heavy atom. The fourth-order valence-corrected chi connectivity index (χ4v) is 2.68. The molecule has 0 saturated carbocycles. The Bertz CT molecular complexity index is 331. The Balaban J connectivity index is 3.08. The van der Waals surface area contributed by atoms with Crippen LogP contribution in [0.4, 0.5) is 5.69 Å². The first-order chi connectivity index (χ1) is 6.70. The summed E-state index contributed by atoms with van der Waals surface area (Å²) >= 11 is 0. The zero-order chi connectivity index (χ0) is 11.7. The van der Waals surface area contributed by atoms with Crippen molar-refractivity contribution in [2.45, 2.75) is 45.8 Å². The van der Waals surface area contributed by atoms with Crippen LogP contribution < -0.4 is 4.98 Å². The third-order valence-corrected chi connectivity index (χ3v) is 3.26. The second-order valence-corrected chi connectivity index (χ2v) is 10.9. The smallest absolute Gasteiger partial charge is 0.144 e. The number of hydrogen-bond acceptors (Lipinski definition) is 1. The molecule has 0 aliphatic rings. The van der Waals surface area contributed by atoms with Crippen molar-refractivity contribution in [2.75, 3.05) is 4.98 Å². The minimum atomic E-state index is -1.26. The van der Waals surface area contributed by atoms with Gasteiger partial charge in [-0.1, -0.05) is 58.6 Å². The number of anilines is 1. The minimum Gasteiger partial charge on any atom is -0.411 e. The summed E-state index contributed by atoms with van der Waals surface area (Å²) in [6.07, 6.45) is 0. The SMILES string of the molecule is CC(C)(C)c1ccccc1N[Si](C)(C)C. The molecule has 0 heterocycles. The lowest BCUT2D eigenvalue weighted by Crippen LogP contribution is -2.33. The Hall–Kier alpha value is -0.763. The van der Waals surface area contributed by atoms with Crippen LogP contribution in [0.2, 0.25) is 19.6 Å². The Morgan fingerprint density at radius 3 is 2.00 bits per heavy atom. The average molecular weight is 221 g/mol. The molecular formula is C13H23NSi. The van der Waals surface area contributed by atoms with E-state index in [1.807, 2.05) is 0 Å². The molecule has 1 rings (SSSR count). The average Bonchev–Trinajstić information content (AvgIpc) is 1.99. The van der Waals surface area contributed by atoms with E-state index in [1.165, 1.54) is 11.3 Å². The molecule has 1 N–H and O–H groups in total. The number of rotatable bonds is 2. The molecule has 0 saturated heterocycles. The van der Waals surface area contributed by atoms with Crippen LogP contribution in [0.3, 0.4) is 0 Å². The van der Waals surface area contributed by atoms with E-state index in [9.17, 15) is 0 Å². The van der Waals surface area contributed by atoms with E-state index in [2.05, 4.69) is 69.7 Å². The lowest BCUT2D eigenvalue weighted by Gasteiger charge is -2.27. The van der Waals surface area contributed by atoms with Crippen molar-refractivity contribution in [1.29, 1.82) is 0 Å². The van der Waals surface area contributed by atoms with Crippen LogP contribution in [0, 0.1) is 0 Å². The third kappa shape index (κ3) is 3.71. The number of nitrogens with one attached hydrogen (secondary N) is 1. The van der Waals surface area contributed by atoms with Crippen molar-refractivity contribution in [3.8, 4) is 0 Å². The quantitative estimate of drug-likeness (QED) is 0.737. The van der Waals surface area contributed by atoms with E-state index in [0.717, 1.165) is 0 Å². The van der Waals surface area contributed by atoms with Crippen molar-refractivity contribution in [3.63, 3.8) is 0 Å². The summed E-state index contributed by atoms with van der Waals surface area (Å²) in [5, 5.41) is 0. The zero-order valence-electron chi connectivity index (χ0n) is 10.8. The van der Waals surface area contributed by atoms with Gasteiger partial charge in [-0.25, -0.2) is 0 Å². The normalized spacial score (nSPS) is 12.7. The van der Waals surface area contributed by atoms with Crippen molar-refractivity contribution in [2.24, 2.45) is 0 Å². The summed E-state index contributed by atoms with van der Waals surface area (Å²) in [6.45, 7) is 13.8. The molecule has 0 fully saturated rings. The van der Waals surface area contributed by atoms with Crippen LogP contribution in [-0.2, 0) is 5.41 Å². The molecule has 0 aliphatic carbocycles. The molecule has 1 aromatic carbocycles. The summed E-state index contributed by atoms with van der Waals surface area (Å²) in [4.78, 5) is 3.70. The predicted molar refractivity (Wildman–Crippen MR) is 72.1 cm³/mol. The van der Waals surface area contributed by atoms with Gasteiger partial charge in [0.1, 0.15) is 8.24 Å². The fraction of sp³-hybridized carbons (Fsp3) is 0.538. The molecule has 0 bridgehead atoms. The predicted octanol–water partition coefficient (Wildman–Crippen LogP) is 4.23. The third-order valence-electron chi connectivity index (χ3n) is 2.24. The van der Waals surface area contributed by atoms with Gasteiger partial charge in [-0.15, -0.1) is 0 Å². The first-order valence-electron chi connectivity index (χ1n) is 5.58. The van der Waals surface area contributed by atoms with Crippen LogP contribution in [0.1, 0.15) is 26.3 Å². The van der Waals surface area contributed by atoms with E-state index in [4.69, 9.17) is 0 Å². The molecule has 0 unspecified atom stereocenters. The summed E-state index contributed by atoms with van der Waals surface area (Å²) < 4.78 is 0. The molecule has 84 valence electrons. The van der Waals surface area contributed by atoms with Crippen molar-refractivity contribution >= 4 is 13.9 Å². The highest BCUT2D eigenvalue weighted by Gasteiger charge is 2.20. The molecule has 0 radical (unpaired) electrons. The van der Waals surface area contributed by atoms with E-state index in [1.54, 1.807) is 0 Å². The summed E-state index contributed by atoms with van der Waals surface area (Å²) in [5.74, 6) is 0. The monoisotopic (exact) mass is 221 g/mol.